The number of amides is 2. The number of nitrogens with zero attached hydrogens (tertiary/aromatic N) is 1. The van der Waals surface area contributed by atoms with Gasteiger partial charge in [-0.1, -0.05) is 24.3 Å². The maximum absolute atomic E-state index is 12.1. The molecule has 0 saturated carbocycles. The molecule has 0 bridgehead atoms. The van der Waals surface area contributed by atoms with Crippen LogP contribution in [0.4, 0.5) is 0 Å². The van der Waals surface area contributed by atoms with Crippen molar-refractivity contribution in [3.05, 3.63) is 65.2 Å². The van der Waals surface area contributed by atoms with Crippen LogP contribution >= 0.6 is 0 Å². The fourth-order valence-electron chi connectivity index (χ4n) is 3.32. The predicted molar refractivity (Wildman–Crippen MR) is 121 cm³/mol. The van der Waals surface area contributed by atoms with Crippen molar-refractivity contribution in [1.29, 1.82) is 0 Å². The molecule has 0 unspecified atom stereocenters. The second kappa shape index (κ2) is 12.6. The van der Waals surface area contributed by atoms with Crippen molar-refractivity contribution in [2.75, 3.05) is 46.6 Å². The molecule has 176 valence electrons. The Kier molecular flexibility index (Phi) is 9.22. The van der Waals surface area contributed by atoms with E-state index < -0.39 is 24.4 Å². The van der Waals surface area contributed by atoms with Crippen molar-refractivity contribution >= 4 is 17.8 Å². The van der Waals surface area contributed by atoms with Gasteiger partial charge in [0.1, 0.15) is 12.3 Å². The summed E-state index contributed by atoms with van der Waals surface area (Å²) in [6, 6.07) is 14.4. The summed E-state index contributed by atoms with van der Waals surface area (Å²) in [6.45, 7) is 3.60. The average Bonchev–Trinajstić information content (AvgIpc) is 2.86. The van der Waals surface area contributed by atoms with Crippen molar-refractivity contribution in [2.24, 2.45) is 0 Å². The number of benzene rings is 2. The van der Waals surface area contributed by atoms with Crippen LogP contribution in [0.15, 0.2) is 48.5 Å². The van der Waals surface area contributed by atoms with Gasteiger partial charge in [-0.05, 0) is 35.4 Å². The lowest BCUT2D eigenvalue weighted by Crippen LogP contribution is -2.36. The fraction of sp³-hybridized carbons (Fsp3) is 0.375. The minimum Gasteiger partial charge on any atom is -0.497 e. The number of esters is 1. The van der Waals surface area contributed by atoms with Gasteiger partial charge in [-0.2, -0.15) is 0 Å². The number of carbonyl (C=O) groups is 3. The summed E-state index contributed by atoms with van der Waals surface area (Å²) in [6.07, 6.45) is 0. The molecule has 1 fully saturated rings. The third kappa shape index (κ3) is 7.89. The van der Waals surface area contributed by atoms with E-state index in [2.05, 4.69) is 15.5 Å². The molecule has 0 radical (unpaired) electrons. The second-order valence-electron chi connectivity index (χ2n) is 7.51. The molecule has 0 aromatic heterocycles. The summed E-state index contributed by atoms with van der Waals surface area (Å²) >= 11 is 0. The Morgan fingerprint density at radius 2 is 1.67 bits per heavy atom. The maximum atomic E-state index is 12.1. The first-order valence-electron chi connectivity index (χ1n) is 10.8. The highest BCUT2D eigenvalue weighted by atomic mass is 16.5. The van der Waals surface area contributed by atoms with E-state index in [9.17, 15) is 14.4 Å². The number of morpholine rings is 1. The quantitative estimate of drug-likeness (QED) is 0.517. The Hall–Kier alpha value is -3.43. The number of carbonyl (C=O) groups excluding carboxylic acids is 3. The molecule has 2 aromatic carbocycles. The van der Waals surface area contributed by atoms with Crippen LogP contribution in [0.25, 0.3) is 0 Å². The Morgan fingerprint density at radius 3 is 2.36 bits per heavy atom. The smallest absolute Gasteiger partial charge is 0.325 e. The molecule has 2 aromatic rings. The topological polar surface area (TPSA) is 106 Å². The molecule has 0 atom stereocenters. The predicted octanol–water partition coefficient (Wildman–Crippen LogP) is 1.12. The molecule has 9 heteroatoms. The van der Waals surface area contributed by atoms with Crippen molar-refractivity contribution in [1.82, 2.24) is 15.5 Å². The zero-order chi connectivity index (χ0) is 23.5. The Morgan fingerprint density at radius 1 is 0.970 bits per heavy atom. The first-order chi connectivity index (χ1) is 16.0. The number of hydrogen-bond donors (Lipinski definition) is 2. The Balaban J connectivity index is 1.37. The average molecular weight is 456 g/mol. The van der Waals surface area contributed by atoms with Crippen molar-refractivity contribution < 1.29 is 28.6 Å². The number of rotatable bonds is 10. The van der Waals surface area contributed by atoms with Gasteiger partial charge in [0.05, 0.1) is 20.3 Å². The van der Waals surface area contributed by atoms with Crippen LogP contribution in [0.5, 0.6) is 5.75 Å². The fourth-order valence-corrected chi connectivity index (χ4v) is 3.32. The molecule has 2 amide bonds. The van der Waals surface area contributed by atoms with E-state index >= 15 is 0 Å². The van der Waals surface area contributed by atoms with Crippen LogP contribution in [-0.4, -0.2) is 69.2 Å². The maximum Gasteiger partial charge on any atom is 0.325 e. The largest absolute Gasteiger partial charge is 0.497 e. The molecular formula is C24H29N3O6. The van der Waals surface area contributed by atoms with Crippen LogP contribution < -0.4 is 15.4 Å². The van der Waals surface area contributed by atoms with E-state index in [1.165, 1.54) is 7.11 Å². The van der Waals surface area contributed by atoms with Gasteiger partial charge in [-0.25, -0.2) is 0 Å². The molecule has 3 rings (SSSR count). The standard InChI is InChI=1S/C24H29N3O6/c1-31-21-8-6-18(7-9-21)24(30)26-15-23(29)33-17-22(28)25-14-19-4-2-3-5-20(19)16-27-10-12-32-13-11-27/h2-9H,10-17H2,1H3,(H,25,28)(H,26,30). The van der Waals surface area contributed by atoms with Crippen LogP contribution in [0, 0.1) is 0 Å². The first-order valence-corrected chi connectivity index (χ1v) is 10.8. The van der Waals surface area contributed by atoms with Gasteiger partial charge < -0.3 is 24.8 Å². The van der Waals surface area contributed by atoms with Crippen LogP contribution in [0.2, 0.25) is 0 Å². The van der Waals surface area contributed by atoms with Gasteiger partial charge in [-0.15, -0.1) is 0 Å². The highest BCUT2D eigenvalue weighted by Crippen LogP contribution is 2.13. The molecule has 9 nitrogen and oxygen atoms in total. The zero-order valence-corrected chi connectivity index (χ0v) is 18.7. The molecule has 0 spiro atoms. The van der Waals surface area contributed by atoms with Gasteiger partial charge >= 0.3 is 5.97 Å². The number of hydrogen-bond acceptors (Lipinski definition) is 7. The van der Waals surface area contributed by atoms with Gasteiger partial charge in [0, 0.05) is 31.7 Å². The highest BCUT2D eigenvalue weighted by molar-refractivity contribution is 5.96. The third-order valence-corrected chi connectivity index (χ3v) is 5.20. The van der Waals surface area contributed by atoms with Crippen LogP contribution in [0.3, 0.4) is 0 Å². The lowest BCUT2D eigenvalue weighted by molar-refractivity contribution is -0.147. The minimum absolute atomic E-state index is 0.333. The molecule has 1 aliphatic heterocycles. The first kappa shape index (κ1) is 24.2. The summed E-state index contributed by atoms with van der Waals surface area (Å²) in [5.41, 5.74) is 2.53. The lowest BCUT2D eigenvalue weighted by Gasteiger charge is -2.27. The second-order valence-corrected chi connectivity index (χ2v) is 7.51. The number of nitrogens with one attached hydrogen (secondary N) is 2. The molecular weight excluding hydrogens is 426 g/mol. The highest BCUT2D eigenvalue weighted by Gasteiger charge is 2.14. The van der Waals surface area contributed by atoms with Gasteiger partial charge in [0.25, 0.3) is 11.8 Å². The van der Waals surface area contributed by atoms with Crippen molar-refractivity contribution in [3.8, 4) is 5.75 Å². The summed E-state index contributed by atoms with van der Waals surface area (Å²) < 4.78 is 15.4. The lowest BCUT2D eigenvalue weighted by atomic mass is 10.1. The van der Waals surface area contributed by atoms with Crippen LogP contribution in [-0.2, 0) is 32.2 Å². The Labute approximate surface area is 193 Å². The van der Waals surface area contributed by atoms with Crippen molar-refractivity contribution in [2.45, 2.75) is 13.1 Å². The van der Waals surface area contributed by atoms with Gasteiger partial charge in [-0.3, -0.25) is 19.3 Å². The summed E-state index contributed by atoms with van der Waals surface area (Å²) in [5, 5.41) is 5.24. The van der Waals surface area contributed by atoms with Crippen molar-refractivity contribution in [3.63, 3.8) is 0 Å². The van der Waals surface area contributed by atoms with E-state index in [-0.39, 0.29) is 6.54 Å². The molecule has 1 heterocycles. The zero-order valence-electron chi connectivity index (χ0n) is 18.7. The normalized spacial score (nSPS) is 13.7. The molecule has 1 aliphatic rings. The SMILES string of the molecule is COc1ccc(C(=O)NCC(=O)OCC(=O)NCc2ccccc2CN2CCOCC2)cc1. The third-order valence-electron chi connectivity index (χ3n) is 5.20. The van der Waals surface area contributed by atoms with Crippen LogP contribution in [0.1, 0.15) is 21.5 Å². The molecule has 33 heavy (non-hydrogen) atoms. The van der Waals surface area contributed by atoms with Gasteiger partial charge in [0.2, 0.25) is 0 Å². The minimum atomic E-state index is -0.695. The van der Waals surface area contributed by atoms with E-state index in [0.717, 1.165) is 44.0 Å². The molecule has 1 saturated heterocycles. The van der Waals surface area contributed by atoms with E-state index in [1.807, 2.05) is 24.3 Å². The van der Waals surface area contributed by atoms with E-state index in [4.69, 9.17) is 14.2 Å². The molecule has 2 N–H and O–H groups in total. The van der Waals surface area contributed by atoms with E-state index in [0.29, 0.717) is 17.9 Å². The molecule has 0 aliphatic carbocycles. The number of methoxy groups -OCH3 is 1. The number of ether oxygens (including phenoxy) is 3. The monoisotopic (exact) mass is 455 g/mol. The summed E-state index contributed by atoms with van der Waals surface area (Å²) in [5.74, 6) is -0.901. The summed E-state index contributed by atoms with van der Waals surface area (Å²) in [4.78, 5) is 38.4. The Bertz CT molecular complexity index is 941. The van der Waals surface area contributed by atoms with Gasteiger partial charge in [0.15, 0.2) is 6.61 Å². The van der Waals surface area contributed by atoms with E-state index in [1.54, 1.807) is 24.3 Å². The summed E-state index contributed by atoms with van der Waals surface area (Å²) in [7, 11) is 1.53.